The number of nitrogens with zero attached hydrogens (tertiary/aromatic N) is 4. The summed E-state index contributed by atoms with van der Waals surface area (Å²) in [5.41, 5.74) is -1.53. The molecule has 2 aromatic carbocycles. The third-order valence-electron chi connectivity index (χ3n) is 8.02. The van der Waals surface area contributed by atoms with E-state index in [4.69, 9.17) is 9.57 Å². The monoisotopic (exact) mass is 653 g/mol. The molecule has 2 aliphatic rings. The Morgan fingerprint density at radius 1 is 0.978 bits per heavy atom. The van der Waals surface area contributed by atoms with E-state index in [1.54, 1.807) is 18.0 Å². The van der Waals surface area contributed by atoms with Crippen molar-refractivity contribution >= 4 is 28.4 Å². The van der Waals surface area contributed by atoms with Gasteiger partial charge in [-0.05, 0) is 43.2 Å². The summed E-state index contributed by atoms with van der Waals surface area (Å²) in [6.07, 6.45) is -8.09. The molecule has 0 bridgehead atoms. The zero-order valence-corrected chi connectivity index (χ0v) is 25.0. The number of morpholine rings is 1. The molecule has 2 fully saturated rings. The molecule has 248 valence electrons. The number of amides is 2. The van der Waals surface area contributed by atoms with E-state index in [9.17, 15) is 35.9 Å². The van der Waals surface area contributed by atoms with Crippen LogP contribution in [0.1, 0.15) is 34.0 Å². The second kappa shape index (κ2) is 13.7. The zero-order chi connectivity index (χ0) is 33.1. The molecule has 0 unspecified atom stereocenters. The Hall–Kier alpha value is -4.11. The number of H-pyrrole nitrogens is 1. The van der Waals surface area contributed by atoms with Crippen LogP contribution in [0.5, 0.6) is 0 Å². The number of ether oxygens (including phenoxy) is 1. The number of oxime groups is 1. The molecule has 0 saturated carbocycles. The summed E-state index contributed by atoms with van der Waals surface area (Å²) in [4.78, 5) is 39.4. The minimum Gasteiger partial charge on any atom is -0.386 e. The lowest BCUT2D eigenvalue weighted by molar-refractivity contribution is -0.143. The van der Waals surface area contributed by atoms with Crippen molar-refractivity contribution in [1.82, 2.24) is 19.7 Å². The lowest BCUT2D eigenvalue weighted by Crippen LogP contribution is -2.56. The zero-order valence-electron chi connectivity index (χ0n) is 25.0. The molecule has 2 aliphatic heterocycles. The molecule has 46 heavy (non-hydrogen) atoms. The van der Waals surface area contributed by atoms with Crippen LogP contribution in [0.15, 0.2) is 53.8 Å². The maximum Gasteiger partial charge on any atom is 0.416 e. The summed E-state index contributed by atoms with van der Waals surface area (Å²) in [6.45, 7) is 4.24. The molecule has 1 aromatic heterocycles. The topological polar surface area (TPSA) is 90.5 Å². The molecule has 5 rings (SSSR count). The Balaban J connectivity index is 1.35. The number of rotatable bonds is 8. The van der Waals surface area contributed by atoms with Crippen LogP contribution in [-0.4, -0.2) is 102 Å². The van der Waals surface area contributed by atoms with Gasteiger partial charge in [-0.25, -0.2) is 0 Å². The highest BCUT2D eigenvalue weighted by Crippen LogP contribution is 2.37. The van der Waals surface area contributed by atoms with Gasteiger partial charge >= 0.3 is 12.4 Å². The third-order valence-corrected chi connectivity index (χ3v) is 8.02. The molecule has 0 aliphatic carbocycles. The van der Waals surface area contributed by atoms with Crippen LogP contribution >= 0.6 is 0 Å². The second-order valence-corrected chi connectivity index (χ2v) is 11.3. The molecule has 15 heteroatoms. The number of benzene rings is 2. The van der Waals surface area contributed by atoms with Crippen molar-refractivity contribution in [1.29, 1.82) is 0 Å². The standard InChI is InChI=1S/C31H33F6N5O4/c1-20(39-46-19-28(43)41-8-10-45-11-9-41)17-40-6-7-42(25(18-40)14-22-16-38-27-5-3-2-4-26(22)27)29(44)21-12-23(30(32,33)34)15-24(13-21)31(35,36)37/h2-5,12-13,15-16,25,38H,6-11,14,17-19H2,1H3/t25-/m1/s1. The van der Waals surface area contributed by atoms with Gasteiger partial charge in [-0.1, -0.05) is 23.4 Å². The van der Waals surface area contributed by atoms with Gasteiger partial charge in [0.25, 0.3) is 11.8 Å². The van der Waals surface area contributed by atoms with Gasteiger partial charge in [0.15, 0.2) is 6.61 Å². The largest absolute Gasteiger partial charge is 0.416 e. The molecular formula is C31H33F6N5O4. The number of para-hydroxylation sites is 1. The van der Waals surface area contributed by atoms with Crippen LogP contribution in [0.25, 0.3) is 10.9 Å². The smallest absolute Gasteiger partial charge is 0.386 e. The molecule has 1 atom stereocenters. The van der Waals surface area contributed by atoms with Crippen molar-refractivity contribution in [2.75, 3.05) is 59.1 Å². The molecule has 0 spiro atoms. The average Bonchev–Trinajstić information content (AvgIpc) is 3.43. The van der Waals surface area contributed by atoms with Crippen LogP contribution in [0.3, 0.4) is 0 Å². The first kappa shape index (κ1) is 33.3. The van der Waals surface area contributed by atoms with Gasteiger partial charge < -0.3 is 24.4 Å². The van der Waals surface area contributed by atoms with Gasteiger partial charge in [0, 0.05) is 68.0 Å². The van der Waals surface area contributed by atoms with E-state index in [-0.39, 0.29) is 44.6 Å². The summed E-state index contributed by atoms with van der Waals surface area (Å²) >= 11 is 0. The number of alkyl halides is 6. The average molecular weight is 654 g/mol. The number of carbonyl (C=O) groups excluding carboxylic acids is 2. The highest BCUT2D eigenvalue weighted by atomic mass is 19.4. The SMILES string of the molecule is CC(CN1CCN(C(=O)c2cc(C(F)(F)F)cc(C(F)(F)F)c2)[C@H](Cc2c[nH]c3ccccc23)C1)=NOCC(=O)N1CCOCC1. The molecule has 9 nitrogen and oxygen atoms in total. The highest BCUT2D eigenvalue weighted by molar-refractivity contribution is 5.95. The van der Waals surface area contributed by atoms with E-state index in [2.05, 4.69) is 10.1 Å². The molecule has 1 N–H and O–H groups in total. The van der Waals surface area contributed by atoms with Crippen molar-refractivity contribution in [2.24, 2.45) is 5.16 Å². The summed E-state index contributed by atoms with van der Waals surface area (Å²) in [6, 6.07) is 7.82. The van der Waals surface area contributed by atoms with Crippen molar-refractivity contribution in [3.8, 4) is 0 Å². The Morgan fingerprint density at radius 3 is 2.33 bits per heavy atom. The van der Waals surface area contributed by atoms with Gasteiger partial charge in [-0.15, -0.1) is 0 Å². The number of halogens is 6. The first-order chi connectivity index (χ1) is 21.8. The number of aromatic nitrogens is 1. The fourth-order valence-corrected chi connectivity index (χ4v) is 5.76. The minimum absolute atomic E-state index is 0.0108. The number of hydrogen-bond donors (Lipinski definition) is 1. The number of carbonyl (C=O) groups is 2. The maximum absolute atomic E-state index is 13.7. The number of piperazine rings is 1. The van der Waals surface area contributed by atoms with Crippen LogP contribution in [-0.2, 0) is 33.1 Å². The van der Waals surface area contributed by atoms with Crippen molar-refractivity contribution in [2.45, 2.75) is 31.7 Å². The fourth-order valence-electron chi connectivity index (χ4n) is 5.76. The maximum atomic E-state index is 13.7. The Kier molecular flexibility index (Phi) is 9.91. The van der Waals surface area contributed by atoms with E-state index < -0.39 is 41.0 Å². The van der Waals surface area contributed by atoms with Gasteiger partial charge in [0.1, 0.15) is 0 Å². The first-order valence-corrected chi connectivity index (χ1v) is 14.7. The van der Waals surface area contributed by atoms with Crippen LogP contribution < -0.4 is 0 Å². The summed E-state index contributed by atoms with van der Waals surface area (Å²) in [5.74, 6) is -1.13. The molecule has 3 heterocycles. The summed E-state index contributed by atoms with van der Waals surface area (Å²) in [7, 11) is 0. The number of aromatic amines is 1. The normalized spacial score (nSPS) is 18.7. The highest BCUT2D eigenvalue weighted by Gasteiger charge is 2.39. The minimum atomic E-state index is -5.08. The van der Waals surface area contributed by atoms with Crippen molar-refractivity contribution < 1.29 is 45.5 Å². The molecule has 3 aromatic rings. The predicted molar refractivity (Wildman–Crippen MR) is 156 cm³/mol. The summed E-state index contributed by atoms with van der Waals surface area (Å²) < 4.78 is 86.7. The fraction of sp³-hybridized carbons (Fsp3) is 0.452. The third kappa shape index (κ3) is 7.99. The van der Waals surface area contributed by atoms with E-state index in [1.807, 2.05) is 29.2 Å². The molecule has 2 saturated heterocycles. The van der Waals surface area contributed by atoms with Crippen LogP contribution in [0.2, 0.25) is 0 Å². The van der Waals surface area contributed by atoms with Crippen molar-refractivity contribution in [3.63, 3.8) is 0 Å². The Morgan fingerprint density at radius 2 is 1.65 bits per heavy atom. The van der Waals surface area contributed by atoms with Crippen molar-refractivity contribution in [3.05, 3.63) is 70.9 Å². The van der Waals surface area contributed by atoms with E-state index in [0.29, 0.717) is 50.7 Å². The van der Waals surface area contributed by atoms with Crippen LogP contribution in [0, 0.1) is 0 Å². The van der Waals surface area contributed by atoms with E-state index in [1.165, 1.54) is 4.90 Å². The lowest BCUT2D eigenvalue weighted by Gasteiger charge is -2.41. The Labute approximate surface area is 260 Å². The molecule has 0 radical (unpaired) electrons. The van der Waals surface area contributed by atoms with E-state index >= 15 is 0 Å². The van der Waals surface area contributed by atoms with Gasteiger partial charge in [0.05, 0.1) is 30.1 Å². The number of nitrogens with one attached hydrogen (secondary N) is 1. The first-order valence-electron chi connectivity index (χ1n) is 14.7. The molecular weight excluding hydrogens is 620 g/mol. The Bertz CT molecular complexity index is 1550. The molecule has 2 amide bonds. The number of hydrogen-bond acceptors (Lipinski definition) is 6. The van der Waals surface area contributed by atoms with Gasteiger partial charge in [-0.2, -0.15) is 26.3 Å². The van der Waals surface area contributed by atoms with Crippen LogP contribution in [0.4, 0.5) is 26.3 Å². The number of fused-ring (bicyclic) bond motifs is 1. The summed E-state index contributed by atoms with van der Waals surface area (Å²) in [5, 5.41) is 4.95. The quantitative estimate of drug-likeness (QED) is 0.214. The van der Waals surface area contributed by atoms with Gasteiger partial charge in [-0.3, -0.25) is 14.5 Å². The predicted octanol–water partition coefficient (Wildman–Crippen LogP) is 4.83. The lowest BCUT2D eigenvalue weighted by atomic mass is 9.98. The van der Waals surface area contributed by atoms with E-state index in [0.717, 1.165) is 16.5 Å². The second-order valence-electron chi connectivity index (χ2n) is 11.3. The van der Waals surface area contributed by atoms with Gasteiger partial charge in [0.2, 0.25) is 0 Å².